The minimum Gasteiger partial charge on any atom is -0.329 e. The van der Waals surface area contributed by atoms with E-state index in [9.17, 15) is 27.2 Å². The van der Waals surface area contributed by atoms with Gasteiger partial charge < -0.3 is 10.2 Å². The monoisotopic (exact) mass is 424 g/mol. The maximum absolute atomic E-state index is 13.9. The summed E-state index contributed by atoms with van der Waals surface area (Å²) in [5, 5.41) is 2.52. The summed E-state index contributed by atoms with van der Waals surface area (Å²) in [5.74, 6) is -1.71. The van der Waals surface area contributed by atoms with Gasteiger partial charge in [0.05, 0.1) is 16.1 Å². The number of para-hydroxylation sites is 1. The van der Waals surface area contributed by atoms with Crippen molar-refractivity contribution in [2.24, 2.45) is 0 Å². The van der Waals surface area contributed by atoms with Crippen molar-refractivity contribution in [3.8, 4) is 0 Å². The van der Waals surface area contributed by atoms with Gasteiger partial charge in [-0.1, -0.05) is 18.2 Å². The van der Waals surface area contributed by atoms with Crippen molar-refractivity contribution in [1.29, 1.82) is 0 Å². The van der Waals surface area contributed by atoms with Gasteiger partial charge in [-0.15, -0.1) is 11.3 Å². The maximum Gasteiger partial charge on any atom is 0.418 e. The van der Waals surface area contributed by atoms with Crippen LogP contribution >= 0.6 is 11.3 Å². The van der Waals surface area contributed by atoms with Crippen molar-refractivity contribution in [2.45, 2.75) is 13.1 Å². The number of fused-ring (bicyclic) bond motifs is 1. The fraction of sp³-hybridized carbons (Fsp3) is 0.200. The lowest BCUT2D eigenvalue weighted by Gasteiger charge is -2.20. The van der Waals surface area contributed by atoms with Gasteiger partial charge in [-0.25, -0.2) is 4.39 Å². The predicted octanol–water partition coefficient (Wildman–Crippen LogP) is 5.16. The van der Waals surface area contributed by atoms with Crippen molar-refractivity contribution < 1.29 is 27.2 Å². The molecule has 1 N–H and O–H groups in total. The Balaban J connectivity index is 1.76. The Kier molecular flexibility index (Phi) is 5.88. The van der Waals surface area contributed by atoms with E-state index < -0.39 is 35.9 Å². The van der Waals surface area contributed by atoms with Crippen LogP contribution in [-0.2, 0) is 11.0 Å². The third-order valence-electron chi connectivity index (χ3n) is 4.23. The SMILES string of the molecule is CCN(CC(=O)Nc1ccccc1C(F)(F)F)C(=O)c1cc2c(F)cccc2s1. The van der Waals surface area contributed by atoms with E-state index in [1.807, 2.05) is 0 Å². The highest BCUT2D eigenvalue weighted by atomic mass is 32.1. The largest absolute Gasteiger partial charge is 0.418 e. The second kappa shape index (κ2) is 8.20. The molecule has 0 radical (unpaired) electrons. The Hall–Kier alpha value is -2.94. The van der Waals surface area contributed by atoms with Gasteiger partial charge in [-0.3, -0.25) is 9.59 Å². The molecule has 0 atom stereocenters. The minimum absolute atomic E-state index is 0.157. The first kappa shape index (κ1) is 20.8. The zero-order valence-corrected chi connectivity index (χ0v) is 16.0. The zero-order valence-electron chi connectivity index (χ0n) is 15.2. The molecule has 152 valence electrons. The number of halogens is 4. The van der Waals surface area contributed by atoms with Crippen LogP contribution in [0, 0.1) is 5.82 Å². The summed E-state index contributed by atoms with van der Waals surface area (Å²) in [7, 11) is 0. The average Bonchev–Trinajstić information content (AvgIpc) is 3.11. The molecule has 0 saturated heterocycles. The Labute approximate surface area is 167 Å². The van der Waals surface area contributed by atoms with E-state index in [1.54, 1.807) is 13.0 Å². The van der Waals surface area contributed by atoms with E-state index >= 15 is 0 Å². The molecule has 0 unspecified atom stereocenters. The fourth-order valence-electron chi connectivity index (χ4n) is 2.82. The second-order valence-corrected chi connectivity index (χ2v) is 7.26. The van der Waals surface area contributed by atoms with Crippen LogP contribution in [0.3, 0.4) is 0 Å². The molecule has 1 aromatic heterocycles. The van der Waals surface area contributed by atoms with E-state index in [4.69, 9.17) is 0 Å². The highest BCUT2D eigenvalue weighted by Gasteiger charge is 2.33. The van der Waals surface area contributed by atoms with Crippen LogP contribution < -0.4 is 5.32 Å². The molecule has 1 heterocycles. The highest BCUT2D eigenvalue weighted by molar-refractivity contribution is 7.20. The summed E-state index contributed by atoms with van der Waals surface area (Å²) in [6.07, 6.45) is -4.62. The first-order chi connectivity index (χ1) is 13.7. The lowest BCUT2D eigenvalue weighted by Crippen LogP contribution is -2.37. The number of benzene rings is 2. The van der Waals surface area contributed by atoms with Crippen LogP contribution in [0.15, 0.2) is 48.5 Å². The number of nitrogens with zero attached hydrogens (tertiary/aromatic N) is 1. The number of thiophene rings is 1. The van der Waals surface area contributed by atoms with Crippen LogP contribution in [0.4, 0.5) is 23.2 Å². The maximum atomic E-state index is 13.9. The molecule has 2 aromatic carbocycles. The number of anilines is 1. The number of amides is 2. The van der Waals surface area contributed by atoms with Crippen LogP contribution in [0.2, 0.25) is 0 Å². The summed E-state index contributed by atoms with van der Waals surface area (Å²) in [4.78, 5) is 26.5. The number of alkyl halides is 3. The molecule has 3 rings (SSSR count). The van der Waals surface area contributed by atoms with E-state index in [0.29, 0.717) is 10.1 Å². The molecule has 0 saturated carbocycles. The first-order valence-electron chi connectivity index (χ1n) is 8.64. The van der Waals surface area contributed by atoms with E-state index in [-0.39, 0.29) is 17.1 Å². The molecule has 0 aliphatic rings. The Bertz CT molecular complexity index is 1060. The third kappa shape index (κ3) is 4.56. The number of rotatable bonds is 5. The van der Waals surface area contributed by atoms with E-state index in [2.05, 4.69) is 5.32 Å². The average molecular weight is 424 g/mol. The molecule has 0 aliphatic carbocycles. The standard InChI is InChI=1S/C20H16F4N2O2S/c1-2-26(19(28)17-10-12-14(21)7-5-9-16(12)29-17)11-18(27)25-15-8-4-3-6-13(15)20(22,23)24/h3-10H,2,11H2,1H3,(H,25,27). The van der Waals surface area contributed by atoms with Gasteiger partial charge in [0.1, 0.15) is 12.4 Å². The Morgan fingerprint density at radius 2 is 1.83 bits per heavy atom. The first-order valence-corrected chi connectivity index (χ1v) is 9.45. The zero-order chi connectivity index (χ0) is 21.2. The predicted molar refractivity (Wildman–Crippen MR) is 103 cm³/mol. The van der Waals surface area contributed by atoms with Gasteiger partial charge in [-0.2, -0.15) is 13.2 Å². The van der Waals surface area contributed by atoms with Crippen LogP contribution in [-0.4, -0.2) is 29.8 Å². The number of carbonyl (C=O) groups excluding carboxylic acids is 2. The molecule has 9 heteroatoms. The summed E-state index contributed by atoms with van der Waals surface area (Å²) in [6.45, 7) is 1.37. The molecule has 2 amide bonds. The highest BCUT2D eigenvalue weighted by Crippen LogP contribution is 2.34. The lowest BCUT2D eigenvalue weighted by atomic mass is 10.1. The molecule has 29 heavy (non-hydrogen) atoms. The Morgan fingerprint density at radius 3 is 2.48 bits per heavy atom. The summed E-state index contributed by atoms with van der Waals surface area (Å²) in [6, 6.07) is 10.5. The lowest BCUT2D eigenvalue weighted by molar-refractivity contribution is -0.137. The smallest absolute Gasteiger partial charge is 0.329 e. The summed E-state index contributed by atoms with van der Waals surface area (Å²) < 4.78 is 53.6. The second-order valence-electron chi connectivity index (χ2n) is 6.17. The van der Waals surface area contributed by atoms with Crippen LogP contribution in [0.25, 0.3) is 10.1 Å². The van der Waals surface area contributed by atoms with Crippen molar-refractivity contribution in [1.82, 2.24) is 4.90 Å². The van der Waals surface area contributed by atoms with Gasteiger partial charge >= 0.3 is 6.18 Å². The summed E-state index contributed by atoms with van der Waals surface area (Å²) in [5.41, 5.74) is -1.35. The molecule has 0 bridgehead atoms. The number of hydrogen-bond donors (Lipinski definition) is 1. The van der Waals surface area contributed by atoms with Crippen LogP contribution in [0.1, 0.15) is 22.2 Å². The van der Waals surface area contributed by atoms with Gasteiger partial charge in [0.2, 0.25) is 5.91 Å². The normalized spacial score (nSPS) is 11.5. The Morgan fingerprint density at radius 1 is 1.10 bits per heavy atom. The number of nitrogens with one attached hydrogen (secondary N) is 1. The minimum atomic E-state index is -4.62. The van der Waals surface area contributed by atoms with E-state index in [0.717, 1.165) is 23.5 Å². The summed E-state index contributed by atoms with van der Waals surface area (Å²) >= 11 is 1.09. The van der Waals surface area contributed by atoms with Crippen molar-refractivity contribution in [3.63, 3.8) is 0 Å². The van der Waals surface area contributed by atoms with Crippen LogP contribution in [0.5, 0.6) is 0 Å². The molecule has 0 spiro atoms. The molecule has 0 fully saturated rings. The number of likely N-dealkylation sites (N-methyl/N-ethyl adjacent to an activating group) is 1. The molecule has 4 nitrogen and oxygen atoms in total. The van der Waals surface area contributed by atoms with Gasteiger partial charge in [0, 0.05) is 16.6 Å². The molecule has 3 aromatic rings. The van der Waals surface area contributed by atoms with E-state index in [1.165, 1.54) is 35.2 Å². The fourth-order valence-corrected chi connectivity index (χ4v) is 3.86. The number of carbonyl (C=O) groups is 2. The van der Waals surface area contributed by atoms with Crippen molar-refractivity contribution >= 4 is 38.9 Å². The van der Waals surface area contributed by atoms with Crippen molar-refractivity contribution in [3.05, 3.63) is 64.8 Å². The third-order valence-corrected chi connectivity index (χ3v) is 5.32. The molecule has 0 aliphatic heterocycles. The van der Waals surface area contributed by atoms with Gasteiger partial charge in [0.15, 0.2) is 0 Å². The van der Waals surface area contributed by atoms with Gasteiger partial charge in [0.25, 0.3) is 5.91 Å². The molecular weight excluding hydrogens is 408 g/mol. The van der Waals surface area contributed by atoms with Gasteiger partial charge in [-0.05, 0) is 37.3 Å². The molecular formula is C20H16F4N2O2S. The quantitative estimate of drug-likeness (QED) is 0.575. The topological polar surface area (TPSA) is 49.4 Å². The number of hydrogen-bond acceptors (Lipinski definition) is 3. The van der Waals surface area contributed by atoms with Crippen molar-refractivity contribution in [2.75, 3.05) is 18.4 Å².